The summed E-state index contributed by atoms with van der Waals surface area (Å²) in [6, 6.07) is 18.2. The van der Waals surface area contributed by atoms with Crippen LogP contribution in [0.3, 0.4) is 0 Å². The Kier molecular flexibility index (Phi) is 10.4. The zero-order chi connectivity index (χ0) is 21.2. The number of para-hydroxylation sites is 1. The van der Waals surface area contributed by atoms with Crippen LogP contribution in [0.15, 0.2) is 59.6 Å². The fourth-order valence-electron chi connectivity index (χ4n) is 3.37. The lowest BCUT2D eigenvalue weighted by Gasteiger charge is -2.36. The van der Waals surface area contributed by atoms with E-state index in [1.807, 2.05) is 54.3 Å². The van der Waals surface area contributed by atoms with E-state index in [1.54, 1.807) is 7.11 Å². The van der Waals surface area contributed by atoms with E-state index in [-0.39, 0.29) is 36.4 Å². The Morgan fingerprint density at radius 2 is 1.68 bits per heavy atom. The molecule has 168 valence electrons. The standard InChI is InChI=1S/C23H31N5O2.HI/c1-3-24-23(25-17-19-9-11-21(30-2)12-10-19)26-18-22(29)28-15-13-27(14-16-28)20-7-5-4-6-8-20;/h4-12H,3,13-18H2,1-2H3,(H2,24,25,26);1H. The molecule has 1 heterocycles. The molecule has 7 nitrogen and oxygen atoms in total. The molecule has 0 atom stereocenters. The summed E-state index contributed by atoms with van der Waals surface area (Å²) in [4.78, 5) is 21.5. The summed E-state index contributed by atoms with van der Waals surface area (Å²) in [6.45, 7) is 6.67. The number of rotatable bonds is 7. The fraction of sp³-hybridized carbons (Fsp3) is 0.391. The van der Waals surface area contributed by atoms with Crippen molar-refractivity contribution in [1.29, 1.82) is 0 Å². The normalized spacial score (nSPS) is 13.9. The average Bonchev–Trinajstić information content (AvgIpc) is 2.81. The minimum atomic E-state index is 0. The van der Waals surface area contributed by atoms with Crippen LogP contribution in [0.5, 0.6) is 5.75 Å². The summed E-state index contributed by atoms with van der Waals surface area (Å²) in [5.74, 6) is 1.56. The topological polar surface area (TPSA) is 69.2 Å². The quantitative estimate of drug-likeness (QED) is 0.323. The molecule has 0 radical (unpaired) electrons. The van der Waals surface area contributed by atoms with Crippen LogP contribution in [0, 0.1) is 0 Å². The molecule has 3 rings (SSSR count). The summed E-state index contributed by atoms with van der Waals surface area (Å²) >= 11 is 0. The van der Waals surface area contributed by atoms with E-state index < -0.39 is 0 Å². The molecule has 0 aromatic heterocycles. The van der Waals surface area contributed by atoms with Crippen LogP contribution in [0.25, 0.3) is 0 Å². The predicted octanol–water partition coefficient (Wildman–Crippen LogP) is 2.72. The highest BCUT2D eigenvalue weighted by Crippen LogP contribution is 2.15. The Balaban J connectivity index is 0.00000341. The number of anilines is 1. The van der Waals surface area contributed by atoms with E-state index in [4.69, 9.17) is 4.74 Å². The number of ether oxygens (including phenoxy) is 1. The lowest BCUT2D eigenvalue weighted by Crippen LogP contribution is -2.52. The van der Waals surface area contributed by atoms with Crippen molar-refractivity contribution in [2.24, 2.45) is 4.99 Å². The Labute approximate surface area is 201 Å². The number of aliphatic imine (C=N–C) groups is 1. The molecule has 1 aliphatic rings. The number of guanidine groups is 1. The molecule has 1 aliphatic heterocycles. The van der Waals surface area contributed by atoms with E-state index >= 15 is 0 Å². The third kappa shape index (κ3) is 7.61. The molecule has 0 saturated carbocycles. The van der Waals surface area contributed by atoms with Crippen molar-refractivity contribution in [3.8, 4) is 5.75 Å². The second kappa shape index (κ2) is 13.0. The maximum atomic E-state index is 12.6. The molecule has 1 saturated heterocycles. The Morgan fingerprint density at radius 1 is 1.00 bits per heavy atom. The van der Waals surface area contributed by atoms with Gasteiger partial charge < -0.3 is 25.2 Å². The number of hydrogen-bond acceptors (Lipinski definition) is 4. The maximum Gasteiger partial charge on any atom is 0.242 e. The van der Waals surface area contributed by atoms with Crippen molar-refractivity contribution < 1.29 is 9.53 Å². The minimum absolute atomic E-state index is 0. The monoisotopic (exact) mass is 537 g/mol. The molecule has 1 amide bonds. The van der Waals surface area contributed by atoms with Crippen molar-refractivity contribution in [3.05, 3.63) is 60.2 Å². The molecule has 31 heavy (non-hydrogen) atoms. The van der Waals surface area contributed by atoms with Gasteiger partial charge in [0.2, 0.25) is 5.91 Å². The number of halogens is 1. The molecule has 2 N–H and O–H groups in total. The van der Waals surface area contributed by atoms with Gasteiger partial charge in [0.05, 0.1) is 20.2 Å². The number of carbonyl (C=O) groups is 1. The number of amides is 1. The Hall–Kier alpha value is -2.49. The Bertz CT molecular complexity index is 822. The van der Waals surface area contributed by atoms with Crippen molar-refractivity contribution in [3.63, 3.8) is 0 Å². The number of hydrogen-bond donors (Lipinski definition) is 2. The Morgan fingerprint density at radius 3 is 2.29 bits per heavy atom. The van der Waals surface area contributed by atoms with Gasteiger partial charge in [0, 0.05) is 38.4 Å². The first-order valence-corrected chi connectivity index (χ1v) is 10.4. The van der Waals surface area contributed by atoms with Crippen LogP contribution in [-0.2, 0) is 11.3 Å². The molecular weight excluding hydrogens is 505 g/mol. The number of nitrogens with zero attached hydrogens (tertiary/aromatic N) is 3. The van der Waals surface area contributed by atoms with E-state index in [2.05, 4.69) is 32.7 Å². The van der Waals surface area contributed by atoms with Crippen molar-refractivity contribution in [2.45, 2.75) is 13.5 Å². The van der Waals surface area contributed by atoms with Gasteiger partial charge in [0.25, 0.3) is 0 Å². The van der Waals surface area contributed by atoms with E-state index in [0.717, 1.165) is 44.0 Å². The highest BCUT2D eigenvalue weighted by Gasteiger charge is 2.21. The lowest BCUT2D eigenvalue weighted by atomic mass is 10.2. The molecule has 0 spiro atoms. The van der Waals surface area contributed by atoms with Gasteiger partial charge >= 0.3 is 0 Å². The van der Waals surface area contributed by atoms with Crippen LogP contribution in [0.2, 0.25) is 0 Å². The first-order valence-electron chi connectivity index (χ1n) is 10.4. The second-order valence-electron chi connectivity index (χ2n) is 7.10. The largest absolute Gasteiger partial charge is 0.497 e. The SMILES string of the molecule is CCNC(=NCc1ccc(OC)cc1)NCC(=O)N1CCN(c2ccccc2)CC1.I. The molecule has 0 bridgehead atoms. The third-order valence-corrected chi connectivity index (χ3v) is 5.08. The average molecular weight is 537 g/mol. The van der Waals surface area contributed by atoms with Gasteiger partial charge in [-0.05, 0) is 36.8 Å². The van der Waals surface area contributed by atoms with Gasteiger partial charge in [-0.15, -0.1) is 24.0 Å². The van der Waals surface area contributed by atoms with Crippen LogP contribution in [0.4, 0.5) is 5.69 Å². The summed E-state index contributed by atoms with van der Waals surface area (Å²) in [5, 5.41) is 6.36. The number of methoxy groups -OCH3 is 1. The number of benzene rings is 2. The smallest absolute Gasteiger partial charge is 0.242 e. The van der Waals surface area contributed by atoms with Gasteiger partial charge in [-0.3, -0.25) is 4.79 Å². The van der Waals surface area contributed by atoms with Crippen LogP contribution < -0.4 is 20.3 Å². The summed E-state index contributed by atoms with van der Waals surface area (Å²) in [5.41, 5.74) is 2.29. The maximum absolute atomic E-state index is 12.6. The second-order valence-corrected chi connectivity index (χ2v) is 7.10. The zero-order valence-electron chi connectivity index (χ0n) is 18.2. The molecule has 0 aliphatic carbocycles. The zero-order valence-corrected chi connectivity index (χ0v) is 20.5. The van der Waals surface area contributed by atoms with Crippen LogP contribution in [-0.4, -0.2) is 63.1 Å². The van der Waals surface area contributed by atoms with Gasteiger partial charge in [0.15, 0.2) is 5.96 Å². The van der Waals surface area contributed by atoms with Crippen molar-refractivity contribution >= 4 is 41.5 Å². The third-order valence-electron chi connectivity index (χ3n) is 5.08. The van der Waals surface area contributed by atoms with Gasteiger partial charge in [-0.1, -0.05) is 30.3 Å². The van der Waals surface area contributed by atoms with Crippen molar-refractivity contribution in [2.75, 3.05) is 51.3 Å². The molecule has 2 aromatic rings. The summed E-state index contributed by atoms with van der Waals surface area (Å²) in [6.07, 6.45) is 0. The highest BCUT2D eigenvalue weighted by molar-refractivity contribution is 14.0. The summed E-state index contributed by atoms with van der Waals surface area (Å²) < 4.78 is 5.18. The van der Waals surface area contributed by atoms with E-state index in [0.29, 0.717) is 12.5 Å². The first kappa shape index (κ1) is 24.8. The van der Waals surface area contributed by atoms with Crippen LogP contribution in [0.1, 0.15) is 12.5 Å². The molecule has 2 aromatic carbocycles. The number of nitrogens with one attached hydrogen (secondary N) is 2. The molecule has 8 heteroatoms. The molecule has 1 fully saturated rings. The lowest BCUT2D eigenvalue weighted by molar-refractivity contribution is -0.130. The fourth-order valence-corrected chi connectivity index (χ4v) is 3.37. The van der Waals surface area contributed by atoms with E-state index in [9.17, 15) is 4.79 Å². The minimum Gasteiger partial charge on any atom is -0.497 e. The summed E-state index contributed by atoms with van der Waals surface area (Å²) in [7, 11) is 1.65. The first-order chi connectivity index (χ1) is 14.7. The van der Waals surface area contributed by atoms with E-state index in [1.165, 1.54) is 5.69 Å². The van der Waals surface area contributed by atoms with Gasteiger partial charge in [-0.2, -0.15) is 0 Å². The van der Waals surface area contributed by atoms with Gasteiger partial charge in [-0.25, -0.2) is 4.99 Å². The van der Waals surface area contributed by atoms with Crippen molar-refractivity contribution in [1.82, 2.24) is 15.5 Å². The number of carbonyl (C=O) groups excluding carboxylic acids is 1. The highest BCUT2D eigenvalue weighted by atomic mass is 127. The van der Waals surface area contributed by atoms with Crippen LogP contribution >= 0.6 is 24.0 Å². The number of piperazine rings is 1. The predicted molar refractivity (Wildman–Crippen MR) is 136 cm³/mol. The molecular formula is C23H32IN5O2. The molecule has 0 unspecified atom stereocenters. The van der Waals surface area contributed by atoms with Gasteiger partial charge in [0.1, 0.15) is 5.75 Å².